The fourth-order valence-electron chi connectivity index (χ4n) is 2.05. The lowest BCUT2D eigenvalue weighted by Gasteiger charge is -2.30. The van der Waals surface area contributed by atoms with Crippen LogP contribution in [0.15, 0.2) is 18.2 Å². The third-order valence-electron chi connectivity index (χ3n) is 3.06. The van der Waals surface area contributed by atoms with Crippen molar-refractivity contribution in [3.8, 4) is 11.5 Å². The number of aldehydes is 1. The minimum absolute atomic E-state index is 0.367. The van der Waals surface area contributed by atoms with Gasteiger partial charge in [-0.1, -0.05) is 13.3 Å². The molecule has 0 fully saturated rings. The van der Waals surface area contributed by atoms with Crippen molar-refractivity contribution in [2.75, 3.05) is 13.4 Å². The Hall–Kier alpha value is -1.40. The maximum atomic E-state index is 13.0. The Kier molecular flexibility index (Phi) is 9.15. The summed E-state index contributed by atoms with van der Waals surface area (Å²) in [5, 5.41) is 0. The Balaban J connectivity index is 2.87. The first-order valence-electron chi connectivity index (χ1n) is 9.38. The van der Waals surface area contributed by atoms with E-state index in [0.717, 1.165) is 19.1 Å². The number of ether oxygens (including phenoxy) is 2. The predicted octanol–water partition coefficient (Wildman–Crippen LogP) is 5.77. The third-order valence-corrected chi connectivity index (χ3v) is 5.02. The number of unbranched alkanes of at least 4 members (excludes halogenated alkanes) is 1. The van der Waals surface area contributed by atoms with Gasteiger partial charge in [-0.25, -0.2) is 9.09 Å². The number of benzene rings is 1. The summed E-state index contributed by atoms with van der Waals surface area (Å²) in [6.45, 7) is 12.7. The van der Waals surface area contributed by atoms with Crippen molar-refractivity contribution in [1.29, 1.82) is 0 Å². The average Bonchev–Trinajstić information content (AvgIpc) is 2.52. The highest BCUT2D eigenvalue weighted by molar-refractivity contribution is 7.48. The van der Waals surface area contributed by atoms with E-state index < -0.39 is 19.0 Å². The smallest absolute Gasteiger partial charge is 0.478 e. The van der Waals surface area contributed by atoms with Crippen LogP contribution in [0.1, 0.15) is 71.7 Å². The van der Waals surface area contributed by atoms with Gasteiger partial charge in [0.2, 0.25) is 6.79 Å². The van der Waals surface area contributed by atoms with Gasteiger partial charge in [-0.05, 0) is 66.2 Å². The van der Waals surface area contributed by atoms with Crippen molar-refractivity contribution in [2.45, 2.75) is 72.5 Å². The molecule has 8 heteroatoms. The SMILES string of the molecule is CCCCOc1cc(C=O)ccc1OCOP(=O)(OC(C)(C)C)OC(C)(C)C. The van der Waals surface area contributed by atoms with E-state index in [0.29, 0.717) is 23.7 Å². The van der Waals surface area contributed by atoms with Crippen LogP contribution >= 0.6 is 7.82 Å². The minimum Gasteiger partial charge on any atom is -0.490 e. The van der Waals surface area contributed by atoms with Crippen LogP contribution in [-0.4, -0.2) is 30.9 Å². The number of carbonyl (C=O) groups excluding carboxylic acids is 1. The van der Waals surface area contributed by atoms with Crippen LogP contribution in [0.5, 0.6) is 11.5 Å². The maximum absolute atomic E-state index is 13.0. The lowest BCUT2D eigenvalue weighted by atomic mass is 10.2. The lowest BCUT2D eigenvalue weighted by Crippen LogP contribution is -2.25. The molecule has 0 spiro atoms. The molecule has 0 aliphatic carbocycles. The number of rotatable bonds is 11. The zero-order chi connectivity index (χ0) is 21.4. The molecule has 1 aromatic rings. The minimum atomic E-state index is -3.88. The highest BCUT2D eigenvalue weighted by Gasteiger charge is 2.37. The summed E-state index contributed by atoms with van der Waals surface area (Å²) in [5.41, 5.74) is -1.00. The molecular weight excluding hydrogens is 383 g/mol. The second-order valence-electron chi connectivity index (χ2n) is 8.27. The normalized spacial score (nSPS) is 12.7. The fourth-order valence-corrected chi connectivity index (χ4v) is 3.72. The summed E-state index contributed by atoms with van der Waals surface area (Å²) in [5.74, 6) is 0.796. The standard InChI is InChI=1S/C20H33O7P/c1-8-9-12-23-18-13-16(14-21)10-11-17(18)24-15-25-28(22,26-19(2,3)4)27-20(5,6)7/h10-11,13-14H,8-9,12,15H2,1-7H3. The lowest BCUT2D eigenvalue weighted by molar-refractivity contribution is -0.0194. The van der Waals surface area contributed by atoms with E-state index in [4.69, 9.17) is 23.0 Å². The van der Waals surface area contributed by atoms with E-state index in [2.05, 4.69) is 6.92 Å². The van der Waals surface area contributed by atoms with E-state index in [-0.39, 0.29) is 6.79 Å². The molecule has 0 saturated carbocycles. The van der Waals surface area contributed by atoms with Gasteiger partial charge in [0.1, 0.15) is 6.29 Å². The molecule has 0 aliphatic rings. The number of phosphoric ester groups is 1. The van der Waals surface area contributed by atoms with Gasteiger partial charge in [0.25, 0.3) is 0 Å². The van der Waals surface area contributed by atoms with Crippen molar-refractivity contribution in [3.63, 3.8) is 0 Å². The molecule has 0 saturated heterocycles. The summed E-state index contributed by atoms with van der Waals surface area (Å²) in [6.07, 6.45) is 2.58. The monoisotopic (exact) mass is 416 g/mol. The zero-order valence-electron chi connectivity index (χ0n) is 17.9. The van der Waals surface area contributed by atoms with Gasteiger partial charge in [-0.2, -0.15) is 0 Å². The number of hydrogen-bond donors (Lipinski definition) is 0. The summed E-state index contributed by atoms with van der Waals surface area (Å²) in [7, 11) is -3.88. The van der Waals surface area contributed by atoms with Gasteiger partial charge in [0.05, 0.1) is 17.8 Å². The average molecular weight is 416 g/mol. The van der Waals surface area contributed by atoms with Crippen LogP contribution in [0, 0.1) is 0 Å². The van der Waals surface area contributed by atoms with E-state index in [1.165, 1.54) is 0 Å². The van der Waals surface area contributed by atoms with Crippen LogP contribution < -0.4 is 9.47 Å². The highest BCUT2D eigenvalue weighted by Crippen LogP contribution is 2.55. The zero-order valence-corrected chi connectivity index (χ0v) is 18.8. The molecule has 1 rings (SSSR count). The third kappa shape index (κ3) is 9.69. The molecule has 160 valence electrons. The molecule has 28 heavy (non-hydrogen) atoms. The molecule has 0 aliphatic heterocycles. The summed E-state index contributed by atoms with van der Waals surface area (Å²) in [6, 6.07) is 4.80. The molecule has 0 N–H and O–H groups in total. The van der Waals surface area contributed by atoms with E-state index >= 15 is 0 Å². The van der Waals surface area contributed by atoms with E-state index in [1.54, 1.807) is 59.7 Å². The first-order valence-corrected chi connectivity index (χ1v) is 10.8. The Bertz CT molecular complexity index is 654. The van der Waals surface area contributed by atoms with Crippen LogP contribution in [0.25, 0.3) is 0 Å². The Morgan fingerprint density at radius 1 is 0.964 bits per heavy atom. The van der Waals surface area contributed by atoms with Crippen molar-refractivity contribution in [1.82, 2.24) is 0 Å². The molecule has 0 unspecified atom stereocenters. The molecular formula is C20H33O7P. The topological polar surface area (TPSA) is 80.3 Å². The van der Waals surface area contributed by atoms with Crippen molar-refractivity contribution in [2.24, 2.45) is 0 Å². The van der Waals surface area contributed by atoms with Gasteiger partial charge in [-0.3, -0.25) is 13.8 Å². The highest BCUT2D eigenvalue weighted by atomic mass is 31.2. The van der Waals surface area contributed by atoms with Crippen LogP contribution in [-0.2, 0) is 18.1 Å². The second kappa shape index (κ2) is 10.4. The van der Waals surface area contributed by atoms with Crippen LogP contribution in [0.4, 0.5) is 0 Å². The van der Waals surface area contributed by atoms with Gasteiger partial charge in [0, 0.05) is 5.56 Å². The van der Waals surface area contributed by atoms with E-state index in [9.17, 15) is 9.36 Å². The molecule has 0 amide bonds. The Morgan fingerprint density at radius 3 is 2.07 bits per heavy atom. The van der Waals surface area contributed by atoms with Crippen LogP contribution in [0.2, 0.25) is 0 Å². The fraction of sp³-hybridized carbons (Fsp3) is 0.650. The number of phosphoric acid groups is 1. The van der Waals surface area contributed by atoms with E-state index in [1.807, 2.05) is 0 Å². The largest absolute Gasteiger partial charge is 0.490 e. The molecule has 0 heterocycles. The molecule has 0 radical (unpaired) electrons. The van der Waals surface area contributed by atoms with Gasteiger partial charge >= 0.3 is 7.82 Å². The molecule has 0 atom stereocenters. The first-order chi connectivity index (χ1) is 12.9. The quantitative estimate of drug-likeness (QED) is 0.196. The second-order valence-corrected chi connectivity index (χ2v) is 9.79. The van der Waals surface area contributed by atoms with Crippen molar-refractivity contribution >= 4 is 14.1 Å². The van der Waals surface area contributed by atoms with Gasteiger partial charge in [-0.15, -0.1) is 0 Å². The van der Waals surface area contributed by atoms with Crippen molar-refractivity contribution < 1.29 is 32.4 Å². The number of hydrogen-bond acceptors (Lipinski definition) is 7. The maximum Gasteiger partial charge on any atom is 0.478 e. The molecule has 1 aromatic carbocycles. The van der Waals surface area contributed by atoms with Crippen LogP contribution in [0.3, 0.4) is 0 Å². The Labute approximate surface area is 168 Å². The summed E-state index contributed by atoms with van der Waals surface area (Å²) < 4.78 is 40.8. The first kappa shape index (κ1) is 24.6. The Morgan fingerprint density at radius 2 is 1.57 bits per heavy atom. The van der Waals surface area contributed by atoms with Crippen molar-refractivity contribution in [3.05, 3.63) is 23.8 Å². The molecule has 7 nitrogen and oxygen atoms in total. The molecule has 0 bridgehead atoms. The summed E-state index contributed by atoms with van der Waals surface area (Å²) in [4.78, 5) is 11.0. The van der Waals surface area contributed by atoms with Gasteiger partial charge in [0.15, 0.2) is 11.5 Å². The summed E-state index contributed by atoms with van der Waals surface area (Å²) >= 11 is 0. The predicted molar refractivity (Wildman–Crippen MR) is 108 cm³/mol. The number of carbonyl (C=O) groups is 1. The van der Waals surface area contributed by atoms with Gasteiger partial charge < -0.3 is 9.47 Å². The molecule has 0 aromatic heterocycles.